The fourth-order valence-electron chi connectivity index (χ4n) is 6.52. The predicted molar refractivity (Wildman–Crippen MR) is 136 cm³/mol. The minimum absolute atomic E-state index is 0.0601. The van der Waals surface area contributed by atoms with Gasteiger partial charge in [0.15, 0.2) is 0 Å². The summed E-state index contributed by atoms with van der Waals surface area (Å²) in [4.78, 5) is 16.6. The topological polar surface area (TPSA) is 61.7 Å². The number of carbonyl (C=O) groups excluding carboxylic acids is 1. The van der Waals surface area contributed by atoms with Crippen LogP contribution in [0.3, 0.4) is 0 Å². The number of phenols is 1. The monoisotopic (exact) mass is 446 g/mol. The standard InChI is InChI=1S/C29H38N2O2/c1-19(2)24-15-22-10-11-27-28(4,18-31-20(3)32)12-7-13-29(27,5)25(22)16-26(24)30-17-21-8-6-9-23(33)14-21/h6,8-9,14-17,19,27,33H,7,10-13,18H2,1-5H3,(H,31,32)/t27-,28-,29+/m0/s1. The van der Waals surface area contributed by atoms with E-state index < -0.39 is 0 Å². The third-order valence-corrected chi connectivity index (χ3v) is 8.21. The molecule has 4 nitrogen and oxygen atoms in total. The molecule has 0 radical (unpaired) electrons. The molecule has 0 heterocycles. The van der Waals surface area contributed by atoms with Gasteiger partial charge in [-0.1, -0.05) is 52.3 Å². The normalized spacial score (nSPS) is 26.8. The molecule has 0 aliphatic heterocycles. The van der Waals surface area contributed by atoms with E-state index in [4.69, 9.17) is 4.99 Å². The number of aromatic hydroxyl groups is 1. The van der Waals surface area contributed by atoms with Crippen molar-refractivity contribution in [2.24, 2.45) is 16.3 Å². The van der Waals surface area contributed by atoms with Gasteiger partial charge in [0, 0.05) is 19.7 Å². The van der Waals surface area contributed by atoms with Gasteiger partial charge in [-0.15, -0.1) is 0 Å². The maximum Gasteiger partial charge on any atom is 0.216 e. The number of nitrogens with zero attached hydrogens (tertiary/aromatic N) is 1. The number of rotatable bonds is 5. The Kier molecular flexibility index (Phi) is 6.39. The first-order chi connectivity index (χ1) is 15.6. The third-order valence-electron chi connectivity index (χ3n) is 8.21. The summed E-state index contributed by atoms with van der Waals surface area (Å²) in [5, 5.41) is 12.9. The molecular formula is C29H38N2O2. The number of aryl methyl sites for hydroxylation is 1. The van der Waals surface area contributed by atoms with Crippen molar-refractivity contribution in [3.8, 4) is 5.75 Å². The van der Waals surface area contributed by atoms with Gasteiger partial charge in [-0.25, -0.2) is 0 Å². The Hall–Kier alpha value is -2.62. The van der Waals surface area contributed by atoms with Crippen LogP contribution in [0, 0.1) is 11.3 Å². The van der Waals surface area contributed by atoms with Crippen molar-refractivity contribution in [1.82, 2.24) is 5.32 Å². The highest BCUT2D eigenvalue weighted by atomic mass is 16.3. The Morgan fingerprint density at radius 3 is 2.73 bits per heavy atom. The minimum Gasteiger partial charge on any atom is -0.508 e. The molecule has 2 N–H and O–H groups in total. The Bertz CT molecular complexity index is 1070. The van der Waals surface area contributed by atoms with E-state index >= 15 is 0 Å². The van der Waals surface area contributed by atoms with Crippen molar-refractivity contribution in [1.29, 1.82) is 0 Å². The molecule has 0 unspecified atom stereocenters. The lowest BCUT2D eigenvalue weighted by molar-refractivity contribution is -0.120. The van der Waals surface area contributed by atoms with E-state index in [2.05, 4.69) is 45.1 Å². The Balaban J connectivity index is 1.75. The lowest BCUT2D eigenvalue weighted by Gasteiger charge is -2.55. The van der Waals surface area contributed by atoms with Crippen molar-refractivity contribution in [3.05, 3.63) is 58.7 Å². The summed E-state index contributed by atoms with van der Waals surface area (Å²) in [6.45, 7) is 11.6. The van der Waals surface area contributed by atoms with Crippen LogP contribution in [0.4, 0.5) is 5.69 Å². The summed E-state index contributed by atoms with van der Waals surface area (Å²) in [5.74, 6) is 1.23. The molecule has 33 heavy (non-hydrogen) atoms. The van der Waals surface area contributed by atoms with Crippen molar-refractivity contribution in [3.63, 3.8) is 0 Å². The van der Waals surface area contributed by atoms with E-state index in [1.165, 1.54) is 36.0 Å². The molecule has 1 amide bonds. The van der Waals surface area contributed by atoms with E-state index in [-0.39, 0.29) is 22.5 Å². The van der Waals surface area contributed by atoms with Crippen LogP contribution in [-0.2, 0) is 16.6 Å². The molecule has 1 saturated carbocycles. The number of hydrogen-bond donors (Lipinski definition) is 2. The fraction of sp³-hybridized carbons (Fsp3) is 0.517. The van der Waals surface area contributed by atoms with Crippen LogP contribution in [0.1, 0.15) is 88.5 Å². The highest BCUT2D eigenvalue weighted by Crippen LogP contribution is 2.57. The zero-order chi connectivity index (χ0) is 23.8. The Labute approximate surface area is 198 Å². The molecule has 2 aromatic rings. The van der Waals surface area contributed by atoms with Crippen LogP contribution in [0.25, 0.3) is 0 Å². The first kappa shape index (κ1) is 23.5. The van der Waals surface area contributed by atoms with Gasteiger partial charge in [0.2, 0.25) is 5.91 Å². The fourth-order valence-corrected chi connectivity index (χ4v) is 6.52. The Morgan fingerprint density at radius 1 is 1.24 bits per heavy atom. The molecule has 0 bridgehead atoms. The van der Waals surface area contributed by atoms with Gasteiger partial charge in [-0.2, -0.15) is 0 Å². The molecule has 2 aliphatic rings. The summed E-state index contributed by atoms with van der Waals surface area (Å²) in [6.07, 6.45) is 7.63. The Morgan fingerprint density at radius 2 is 2.03 bits per heavy atom. The third kappa shape index (κ3) is 4.58. The average molecular weight is 447 g/mol. The van der Waals surface area contributed by atoms with Crippen LogP contribution in [0.15, 0.2) is 41.4 Å². The summed E-state index contributed by atoms with van der Waals surface area (Å²) in [6, 6.07) is 12.0. The number of amides is 1. The summed E-state index contributed by atoms with van der Waals surface area (Å²) in [7, 11) is 0. The van der Waals surface area contributed by atoms with Gasteiger partial charge in [-0.05, 0) is 88.8 Å². The van der Waals surface area contributed by atoms with Crippen LogP contribution in [-0.4, -0.2) is 23.8 Å². The van der Waals surface area contributed by atoms with Gasteiger partial charge in [0.25, 0.3) is 0 Å². The van der Waals surface area contributed by atoms with Crippen LogP contribution in [0.2, 0.25) is 0 Å². The second-order valence-corrected chi connectivity index (χ2v) is 11.0. The van der Waals surface area contributed by atoms with Crippen molar-refractivity contribution >= 4 is 17.8 Å². The first-order valence-electron chi connectivity index (χ1n) is 12.4. The number of hydrogen-bond acceptors (Lipinski definition) is 3. The number of fused-ring (bicyclic) bond motifs is 3. The van der Waals surface area contributed by atoms with Gasteiger partial charge in [-0.3, -0.25) is 9.79 Å². The second kappa shape index (κ2) is 8.96. The summed E-state index contributed by atoms with van der Waals surface area (Å²) >= 11 is 0. The molecule has 2 aromatic carbocycles. The van der Waals surface area contributed by atoms with Crippen molar-refractivity contribution in [2.75, 3.05) is 6.54 Å². The number of carbonyl (C=O) groups is 1. The second-order valence-electron chi connectivity index (χ2n) is 11.0. The molecule has 2 aliphatic carbocycles. The zero-order valence-electron chi connectivity index (χ0n) is 20.7. The molecule has 0 spiro atoms. The van der Waals surface area contributed by atoms with Crippen LogP contribution < -0.4 is 5.32 Å². The van der Waals surface area contributed by atoms with Crippen LogP contribution >= 0.6 is 0 Å². The van der Waals surface area contributed by atoms with Gasteiger partial charge in [0.05, 0.1) is 5.69 Å². The molecule has 4 heteroatoms. The molecule has 3 atom stereocenters. The molecule has 176 valence electrons. The highest BCUT2D eigenvalue weighted by Gasteiger charge is 2.51. The van der Waals surface area contributed by atoms with Crippen LogP contribution in [0.5, 0.6) is 5.75 Å². The quantitative estimate of drug-likeness (QED) is 0.521. The number of phenolic OH excluding ortho intramolecular Hbond substituents is 1. The first-order valence-corrected chi connectivity index (χ1v) is 12.4. The lowest BCUT2D eigenvalue weighted by atomic mass is 9.49. The van der Waals surface area contributed by atoms with Crippen molar-refractivity contribution in [2.45, 2.75) is 78.1 Å². The van der Waals surface area contributed by atoms with E-state index in [1.807, 2.05) is 18.3 Å². The van der Waals surface area contributed by atoms with E-state index in [0.717, 1.165) is 30.6 Å². The van der Waals surface area contributed by atoms with E-state index in [1.54, 1.807) is 19.1 Å². The molecule has 0 saturated heterocycles. The number of benzene rings is 2. The van der Waals surface area contributed by atoms with Crippen molar-refractivity contribution < 1.29 is 9.90 Å². The highest BCUT2D eigenvalue weighted by molar-refractivity contribution is 5.83. The SMILES string of the molecule is CC(=O)NC[C@]1(C)CCC[C@]2(C)c3cc(N=Cc4cccc(O)c4)c(C(C)C)cc3CC[C@@H]12. The largest absolute Gasteiger partial charge is 0.508 e. The molecular weight excluding hydrogens is 408 g/mol. The minimum atomic E-state index is 0.0601. The molecule has 0 aromatic heterocycles. The van der Waals surface area contributed by atoms with E-state index in [9.17, 15) is 9.90 Å². The van der Waals surface area contributed by atoms with Gasteiger partial charge < -0.3 is 10.4 Å². The smallest absolute Gasteiger partial charge is 0.216 e. The molecule has 4 rings (SSSR count). The average Bonchev–Trinajstić information content (AvgIpc) is 2.76. The maximum absolute atomic E-state index is 11.7. The molecule has 1 fully saturated rings. The maximum atomic E-state index is 11.7. The number of nitrogens with one attached hydrogen (secondary N) is 1. The zero-order valence-corrected chi connectivity index (χ0v) is 20.7. The lowest BCUT2D eigenvalue weighted by Crippen LogP contribution is -2.53. The number of aliphatic imine (C=N–C) groups is 1. The van der Waals surface area contributed by atoms with Gasteiger partial charge in [0.1, 0.15) is 5.75 Å². The summed E-state index contributed by atoms with van der Waals surface area (Å²) < 4.78 is 0. The van der Waals surface area contributed by atoms with Gasteiger partial charge >= 0.3 is 0 Å². The summed E-state index contributed by atoms with van der Waals surface area (Å²) in [5.41, 5.74) is 6.32. The predicted octanol–water partition coefficient (Wildman–Crippen LogP) is 6.41. The van der Waals surface area contributed by atoms with E-state index in [0.29, 0.717) is 11.8 Å².